The van der Waals surface area contributed by atoms with Gasteiger partial charge in [0.1, 0.15) is 12.4 Å². The molecule has 0 atom stereocenters. The summed E-state index contributed by atoms with van der Waals surface area (Å²) in [5.74, 6) is 0.779. The number of halogens is 1. The summed E-state index contributed by atoms with van der Waals surface area (Å²) in [4.78, 5) is 15.1. The summed E-state index contributed by atoms with van der Waals surface area (Å²) in [6, 6.07) is 0. The number of hydrogen-bond donors (Lipinski definition) is 2. The van der Waals surface area contributed by atoms with Crippen molar-refractivity contribution < 1.29 is 9.66 Å². The molecule has 0 saturated heterocycles. The Kier molecular flexibility index (Phi) is 11.4. The SMILES string of the molecule is CCNC(=NCC1(CCOCC)CCCC1)NCCn1cc([N+](=O)[O-])cn1.I. The Balaban J connectivity index is 0.00000392. The van der Waals surface area contributed by atoms with Crippen molar-refractivity contribution in [2.24, 2.45) is 10.4 Å². The maximum Gasteiger partial charge on any atom is 0.306 e. The molecule has 160 valence electrons. The van der Waals surface area contributed by atoms with Crippen molar-refractivity contribution >= 4 is 35.6 Å². The molecule has 0 bridgehead atoms. The van der Waals surface area contributed by atoms with Gasteiger partial charge in [0.25, 0.3) is 0 Å². The van der Waals surface area contributed by atoms with Crippen LogP contribution in [0.4, 0.5) is 5.69 Å². The van der Waals surface area contributed by atoms with Gasteiger partial charge in [-0.15, -0.1) is 24.0 Å². The molecule has 1 aliphatic carbocycles. The largest absolute Gasteiger partial charge is 0.382 e. The smallest absolute Gasteiger partial charge is 0.306 e. The molecule has 2 N–H and O–H groups in total. The second kappa shape index (κ2) is 12.9. The lowest BCUT2D eigenvalue weighted by molar-refractivity contribution is -0.385. The molecule has 1 heterocycles. The van der Waals surface area contributed by atoms with Crippen LogP contribution in [0.5, 0.6) is 0 Å². The van der Waals surface area contributed by atoms with E-state index in [0.29, 0.717) is 13.1 Å². The molecule has 1 aromatic rings. The van der Waals surface area contributed by atoms with E-state index in [9.17, 15) is 10.1 Å². The lowest BCUT2D eigenvalue weighted by atomic mass is 9.83. The van der Waals surface area contributed by atoms with Gasteiger partial charge in [-0.1, -0.05) is 12.8 Å². The lowest BCUT2D eigenvalue weighted by Crippen LogP contribution is -2.40. The molecule has 28 heavy (non-hydrogen) atoms. The fraction of sp³-hybridized carbons (Fsp3) is 0.778. The number of hydrogen-bond acceptors (Lipinski definition) is 5. The van der Waals surface area contributed by atoms with Crippen molar-refractivity contribution in [3.05, 3.63) is 22.5 Å². The third-order valence-electron chi connectivity index (χ3n) is 5.03. The number of nitrogens with zero attached hydrogens (tertiary/aromatic N) is 4. The summed E-state index contributed by atoms with van der Waals surface area (Å²) in [5, 5.41) is 21.3. The summed E-state index contributed by atoms with van der Waals surface area (Å²) in [7, 11) is 0. The van der Waals surface area contributed by atoms with Crippen LogP contribution in [0.1, 0.15) is 46.0 Å². The highest BCUT2D eigenvalue weighted by molar-refractivity contribution is 14.0. The van der Waals surface area contributed by atoms with Crippen LogP contribution in [0.3, 0.4) is 0 Å². The maximum absolute atomic E-state index is 10.7. The van der Waals surface area contributed by atoms with Crippen molar-refractivity contribution in [1.82, 2.24) is 20.4 Å². The predicted octanol–water partition coefficient (Wildman–Crippen LogP) is 2.95. The fourth-order valence-electron chi connectivity index (χ4n) is 3.49. The highest BCUT2D eigenvalue weighted by Crippen LogP contribution is 2.41. The molecule has 0 aliphatic heterocycles. The predicted molar refractivity (Wildman–Crippen MR) is 120 cm³/mol. The third-order valence-corrected chi connectivity index (χ3v) is 5.03. The fourth-order valence-corrected chi connectivity index (χ4v) is 3.49. The zero-order valence-electron chi connectivity index (χ0n) is 16.9. The van der Waals surface area contributed by atoms with E-state index >= 15 is 0 Å². The highest BCUT2D eigenvalue weighted by atomic mass is 127. The zero-order chi connectivity index (χ0) is 19.5. The summed E-state index contributed by atoms with van der Waals surface area (Å²) >= 11 is 0. The molecule has 10 heteroatoms. The van der Waals surface area contributed by atoms with Crippen molar-refractivity contribution in [2.75, 3.05) is 32.8 Å². The standard InChI is InChI=1S/C18H32N6O3.HI/c1-3-19-17(20-10-11-23-14-16(13-22-23)24(25)26)21-15-18(7-5-6-8-18)9-12-27-4-2;/h13-14H,3-12,15H2,1-2H3,(H2,19,20,21);1H. The van der Waals surface area contributed by atoms with Crippen LogP contribution in [-0.2, 0) is 11.3 Å². The summed E-state index contributed by atoms with van der Waals surface area (Å²) in [6.07, 6.45) is 8.71. The Bertz CT molecular complexity index is 616. The van der Waals surface area contributed by atoms with Gasteiger partial charge in [-0.25, -0.2) is 0 Å². The third kappa shape index (κ3) is 7.90. The van der Waals surface area contributed by atoms with Crippen LogP contribution < -0.4 is 10.6 Å². The first-order valence-electron chi connectivity index (χ1n) is 9.85. The highest BCUT2D eigenvalue weighted by Gasteiger charge is 2.33. The number of rotatable bonds is 11. The lowest BCUT2D eigenvalue weighted by Gasteiger charge is -2.27. The van der Waals surface area contributed by atoms with E-state index in [0.717, 1.165) is 38.7 Å². The first-order chi connectivity index (χ1) is 13.1. The van der Waals surface area contributed by atoms with Crippen molar-refractivity contribution in [1.29, 1.82) is 0 Å². The first kappa shape index (κ1) is 24.6. The normalized spacial score (nSPS) is 15.9. The van der Waals surface area contributed by atoms with E-state index < -0.39 is 4.92 Å². The molecule has 0 unspecified atom stereocenters. The quantitative estimate of drug-likeness (QED) is 0.119. The van der Waals surface area contributed by atoms with Gasteiger partial charge < -0.3 is 15.4 Å². The van der Waals surface area contributed by atoms with Gasteiger partial charge in [-0.2, -0.15) is 5.10 Å². The van der Waals surface area contributed by atoms with Gasteiger partial charge in [0.2, 0.25) is 0 Å². The minimum absolute atomic E-state index is 0. The monoisotopic (exact) mass is 508 g/mol. The molecule has 9 nitrogen and oxygen atoms in total. The molecule has 1 saturated carbocycles. The molecule has 0 amide bonds. The number of ether oxygens (including phenoxy) is 1. The van der Waals surface area contributed by atoms with Crippen LogP contribution in [0.2, 0.25) is 0 Å². The minimum atomic E-state index is -0.439. The van der Waals surface area contributed by atoms with Crippen molar-refractivity contribution in [3.63, 3.8) is 0 Å². The molecule has 1 aliphatic rings. The molecular formula is C18H33IN6O3. The second-order valence-corrected chi connectivity index (χ2v) is 6.99. The van der Waals surface area contributed by atoms with E-state index in [1.807, 2.05) is 13.8 Å². The van der Waals surface area contributed by atoms with Gasteiger partial charge in [0, 0.05) is 32.8 Å². The van der Waals surface area contributed by atoms with E-state index in [-0.39, 0.29) is 35.1 Å². The van der Waals surface area contributed by atoms with Crippen molar-refractivity contribution in [3.8, 4) is 0 Å². The molecule has 1 aromatic heterocycles. The molecule has 0 spiro atoms. The summed E-state index contributed by atoms with van der Waals surface area (Å²) < 4.78 is 7.13. The van der Waals surface area contributed by atoms with Gasteiger partial charge in [0.05, 0.1) is 11.5 Å². The Hall–Kier alpha value is -1.43. The number of nitro groups is 1. The van der Waals surface area contributed by atoms with Crippen molar-refractivity contribution in [2.45, 2.75) is 52.5 Å². The Labute approximate surface area is 183 Å². The van der Waals surface area contributed by atoms with E-state index in [4.69, 9.17) is 9.73 Å². The maximum atomic E-state index is 10.7. The van der Waals surface area contributed by atoms with Crippen LogP contribution in [0, 0.1) is 15.5 Å². The van der Waals surface area contributed by atoms with E-state index in [2.05, 4.69) is 15.7 Å². The Morgan fingerprint density at radius 1 is 1.39 bits per heavy atom. The van der Waals surface area contributed by atoms with Gasteiger partial charge in [-0.05, 0) is 38.5 Å². The van der Waals surface area contributed by atoms with Crippen LogP contribution in [0.25, 0.3) is 0 Å². The molecule has 1 fully saturated rings. The van der Waals surface area contributed by atoms with Gasteiger partial charge >= 0.3 is 5.69 Å². The number of aliphatic imine (C=N–C) groups is 1. The average Bonchev–Trinajstić information content (AvgIpc) is 3.30. The zero-order valence-corrected chi connectivity index (χ0v) is 19.2. The average molecular weight is 508 g/mol. The van der Waals surface area contributed by atoms with Crippen LogP contribution in [-0.4, -0.2) is 53.5 Å². The molecular weight excluding hydrogens is 475 g/mol. The Morgan fingerprint density at radius 3 is 2.75 bits per heavy atom. The number of guanidine groups is 1. The number of aromatic nitrogens is 2. The molecule has 0 aromatic carbocycles. The van der Waals surface area contributed by atoms with Gasteiger partial charge in [0.15, 0.2) is 5.96 Å². The van der Waals surface area contributed by atoms with Crippen LogP contribution >= 0.6 is 24.0 Å². The Morgan fingerprint density at radius 2 is 2.14 bits per heavy atom. The van der Waals surface area contributed by atoms with Gasteiger partial charge in [-0.3, -0.25) is 19.8 Å². The van der Waals surface area contributed by atoms with E-state index in [1.165, 1.54) is 38.1 Å². The second-order valence-electron chi connectivity index (χ2n) is 6.99. The van der Waals surface area contributed by atoms with Crippen LogP contribution in [0.15, 0.2) is 17.4 Å². The molecule has 2 rings (SSSR count). The topological polar surface area (TPSA) is 107 Å². The number of nitrogens with one attached hydrogen (secondary N) is 2. The summed E-state index contributed by atoms with van der Waals surface area (Å²) in [6.45, 7) is 8.33. The minimum Gasteiger partial charge on any atom is -0.382 e. The summed E-state index contributed by atoms with van der Waals surface area (Å²) in [5.41, 5.74) is 0.258. The van der Waals surface area contributed by atoms with E-state index in [1.54, 1.807) is 4.68 Å². The first-order valence-corrected chi connectivity index (χ1v) is 9.85. The molecule has 0 radical (unpaired) electrons.